The first-order chi connectivity index (χ1) is 9.50. The number of methoxy groups -OCH3 is 1. The smallest absolute Gasteiger partial charge is 0.415 e. The third-order valence-electron chi connectivity index (χ3n) is 2.69. The summed E-state index contributed by atoms with van der Waals surface area (Å²) in [5.74, 6) is -3.52. The highest BCUT2D eigenvalue weighted by atomic mass is 19.4. The normalized spacial score (nSPS) is 14.2. The van der Waals surface area contributed by atoms with Crippen molar-refractivity contribution in [3.63, 3.8) is 0 Å². The third kappa shape index (κ3) is 3.48. The summed E-state index contributed by atoms with van der Waals surface area (Å²) in [6, 6.07) is 2.65. The Morgan fingerprint density at radius 1 is 1.29 bits per heavy atom. The Kier molecular flexibility index (Phi) is 4.57. The second-order valence-corrected chi connectivity index (χ2v) is 4.34. The number of ether oxygens (including phenoxy) is 1. The highest BCUT2D eigenvalue weighted by molar-refractivity contribution is 5.99. The van der Waals surface area contributed by atoms with E-state index in [1.807, 2.05) is 5.32 Å². The Bertz CT molecular complexity index is 570. The first-order valence-electron chi connectivity index (χ1n) is 5.55. The van der Waals surface area contributed by atoms with Crippen molar-refractivity contribution in [1.82, 2.24) is 0 Å². The number of halogens is 4. The van der Waals surface area contributed by atoms with Crippen LogP contribution in [0.4, 0.5) is 23.2 Å². The fraction of sp³-hybridized carbons (Fsp3) is 0.333. The van der Waals surface area contributed by atoms with Gasteiger partial charge in [0, 0.05) is 5.69 Å². The molecule has 21 heavy (non-hydrogen) atoms. The van der Waals surface area contributed by atoms with Crippen molar-refractivity contribution in [3.05, 3.63) is 29.6 Å². The number of nitrogens with one attached hydrogen (secondary N) is 1. The Balaban J connectivity index is 3.05. The zero-order valence-corrected chi connectivity index (χ0v) is 11.0. The van der Waals surface area contributed by atoms with Gasteiger partial charge in [-0.3, -0.25) is 4.79 Å². The Morgan fingerprint density at radius 2 is 1.86 bits per heavy atom. The number of rotatable bonds is 3. The van der Waals surface area contributed by atoms with Crippen molar-refractivity contribution in [2.45, 2.75) is 18.6 Å². The topological polar surface area (TPSA) is 81.4 Å². The maximum absolute atomic E-state index is 13.3. The van der Waals surface area contributed by atoms with Crippen molar-refractivity contribution < 1.29 is 31.9 Å². The quantitative estimate of drug-likeness (QED) is 0.659. The summed E-state index contributed by atoms with van der Waals surface area (Å²) in [4.78, 5) is 22.8. The van der Waals surface area contributed by atoms with Gasteiger partial charge in [-0.15, -0.1) is 0 Å². The van der Waals surface area contributed by atoms with Crippen LogP contribution < -0.4 is 11.1 Å². The number of hydrogen-bond acceptors (Lipinski definition) is 4. The molecule has 1 aromatic carbocycles. The minimum absolute atomic E-state index is 0.220. The van der Waals surface area contributed by atoms with Crippen LogP contribution in [0.2, 0.25) is 0 Å². The summed E-state index contributed by atoms with van der Waals surface area (Å²) in [5.41, 5.74) is 1.06. The maximum Gasteiger partial charge on any atom is 0.415 e. The van der Waals surface area contributed by atoms with Gasteiger partial charge in [-0.25, -0.2) is 9.18 Å². The molecule has 0 aromatic heterocycles. The van der Waals surface area contributed by atoms with E-state index in [0.29, 0.717) is 6.92 Å². The standard InChI is InChI=1S/C12H12F4N2O3/c1-11(17,12(14,15)16)10(20)18-6-3-4-8(13)7(5-6)9(19)21-2/h3-5H,17H2,1-2H3,(H,18,20). The molecule has 9 heteroatoms. The molecule has 1 amide bonds. The Labute approximate surface area is 117 Å². The van der Waals surface area contributed by atoms with Crippen LogP contribution in [0.3, 0.4) is 0 Å². The summed E-state index contributed by atoms with van der Waals surface area (Å²) in [7, 11) is 1.01. The summed E-state index contributed by atoms with van der Waals surface area (Å²) in [6.45, 7) is 0.493. The first kappa shape index (κ1) is 16.9. The highest BCUT2D eigenvalue weighted by Gasteiger charge is 2.54. The molecular weight excluding hydrogens is 296 g/mol. The molecule has 1 aromatic rings. The molecule has 0 spiro atoms. The molecule has 0 bridgehead atoms. The number of hydrogen-bond donors (Lipinski definition) is 2. The van der Waals surface area contributed by atoms with Crippen LogP contribution in [0.1, 0.15) is 17.3 Å². The van der Waals surface area contributed by atoms with E-state index in [9.17, 15) is 27.2 Å². The van der Waals surface area contributed by atoms with E-state index in [0.717, 1.165) is 25.3 Å². The summed E-state index contributed by atoms with van der Waals surface area (Å²) in [6.07, 6.45) is -4.97. The van der Waals surface area contributed by atoms with Gasteiger partial charge in [0.25, 0.3) is 5.91 Å². The lowest BCUT2D eigenvalue weighted by Gasteiger charge is -2.26. The summed E-state index contributed by atoms with van der Waals surface area (Å²) < 4.78 is 55.4. The lowest BCUT2D eigenvalue weighted by Crippen LogP contribution is -2.59. The molecule has 1 unspecified atom stereocenters. The first-order valence-corrected chi connectivity index (χ1v) is 5.55. The van der Waals surface area contributed by atoms with Crippen LogP contribution in [0.5, 0.6) is 0 Å². The number of benzene rings is 1. The molecule has 1 atom stereocenters. The zero-order valence-electron chi connectivity index (χ0n) is 11.0. The minimum atomic E-state index is -4.97. The van der Waals surface area contributed by atoms with E-state index in [2.05, 4.69) is 4.74 Å². The summed E-state index contributed by atoms with van der Waals surface area (Å²) >= 11 is 0. The van der Waals surface area contributed by atoms with E-state index in [1.165, 1.54) is 0 Å². The maximum atomic E-state index is 13.3. The van der Waals surface area contributed by atoms with Gasteiger partial charge >= 0.3 is 12.1 Å². The molecule has 0 saturated carbocycles. The van der Waals surface area contributed by atoms with Gasteiger partial charge in [-0.1, -0.05) is 0 Å². The Hall–Kier alpha value is -2.16. The molecule has 3 N–H and O–H groups in total. The van der Waals surface area contributed by atoms with Gasteiger partial charge < -0.3 is 15.8 Å². The zero-order chi connectivity index (χ0) is 16.4. The lowest BCUT2D eigenvalue weighted by atomic mass is 10.0. The van der Waals surface area contributed by atoms with Crippen molar-refractivity contribution >= 4 is 17.6 Å². The number of alkyl halides is 3. The predicted molar refractivity (Wildman–Crippen MR) is 65.0 cm³/mol. The number of anilines is 1. The van der Waals surface area contributed by atoms with Gasteiger partial charge in [0.05, 0.1) is 12.7 Å². The van der Waals surface area contributed by atoms with Crippen LogP contribution in [0.15, 0.2) is 18.2 Å². The minimum Gasteiger partial charge on any atom is -0.465 e. The molecule has 0 fully saturated rings. The van der Waals surface area contributed by atoms with Crippen molar-refractivity contribution in [1.29, 1.82) is 0 Å². The van der Waals surface area contributed by atoms with E-state index in [-0.39, 0.29) is 5.69 Å². The average molecular weight is 308 g/mol. The molecule has 0 aliphatic rings. The van der Waals surface area contributed by atoms with Gasteiger partial charge in [0.2, 0.25) is 0 Å². The number of esters is 1. The predicted octanol–water partition coefficient (Wildman–Crippen LogP) is 1.83. The third-order valence-corrected chi connectivity index (χ3v) is 2.69. The van der Waals surface area contributed by atoms with Crippen molar-refractivity contribution in [2.75, 3.05) is 12.4 Å². The van der Waals surface area contributed by atoms with E-state index < -0.39 is 35.0 Å². The number of nitrogens with two attached hydrogens (primary N) is 1. The fourth-order valence-corrected chi connectivity index (χ4v) is 1.26. The van der Waals surface area contributed by atoms with Gasteiger partial charge in [-0.05, 0) is 25.1 Å². The molecule has 0 aliphatic carbocycles. The van der Waals surface area contributed by atoms with Crippen LogP contribution in [0.25, 0.3) is 0 Å². The van der Waals surface area contributed by atoms with Crippen LogP contribution in [-0.2, 0) is 9.53 Å². The van der Waals surface area contributed by atoms with Gasteiger partial charge in [-0.2, -0.15) is 13.2 Å². The SMILES string of the molecule is COC(=O)c1cc(NC(=O)C(C)(N)C(F)(F)F)ccc1F. The number of carbonyl (C=O) groups excluding carboxylic acids is 2. The molecule has 5 nitrogen and oxygen atoms in total. The van der Waals surface area contributed by atoms with Crippen LogP contribution >= 0.6 is 0 Å². The average Bonchev–Trinajstić information content (AvgIpc) is 2.38. The van der Waals surface area contributed by atoms with E-state index >= 15 is 0 Å². The molecule has 116 valence electrons. The highest BCUT2D eigenvalue weighted by Crippen LogP contribution is 2.29. The Morgan fingerprint density at radius 3 is 2.33 bits per heavy atom. The molecular formula is C12H12F4N2O3. The van der Waals surface area contributed by atoms with Gasteiger partial charge in [0.15, 0.2) is 5.54 Å². The molecule has 1 rings (SSSR count). The van der Waals surface area contributed by atoms with Crippen LogP contribution in [0, 0.1) is 5.82 Å². The monoisotopic (exact) mass is 308 g/mol. The summed E-state index contributed by atoms with van der Waals surface area (Å²) in [5, 5.41) is 1.88. The molecule has 0 radical (unpaired) electrons. The van der Waals surface area contributed by atoms with Crippen molar-refractivity contribution in [3.8, 4) is 0 Å². The van der Waals surface area contributed by atoms with Crippen molar-refractivity contribution in [2.24, 2.45) is 5.73 Å². The van der Waals surface area contributed by atoms with Crippen LogP contribution in [-0.4, -0.2) is 30.7 Å². The fourth-order valence-electron chi connectivity index (χ4n) is 1.26. The lowest BCUT2D eigenvalue weighted by molar-refractivity contribution is -0.184. The van der Waals surface area contributed by atoms with E-state index in [1.54, 1.807) is 0 Å². The number of amides is 1. The number of carbonyl (C=O) groups is 2. The molecule has 0 aliphatic heterocycles. The second-order valence-electron chi connectivity index (χ2n) is 4.34. The second kappa shape index (κ2) is 5.68. The molecule has 0 saturated heterocycles. The molecule has 0 heterocycles. The van der Waals surface area contributed by atoms with E-state index in [4.69, 9.17) is 5.73 Å². The van der Waals surface area contributed by atoms with Gasteiger partial charge in [0.1, 0.15) is 5.82 Å². The largest absolute Gasteiger partial charge is 0.465 e.